The summed E-state index contributed by atoms with van der Waals surface area (Å²) >= 11 is 5.75. The minimum absolute atomic E-state index is 0.592. The Hall–Kier alpha value is -0.470. The van der Waals surface area contributed by atoms with Crippen LogP contribution in [-0.4, -0.2) is 27.2 Å². The van der Waals surface area contributed by atoms with Gasteiger partial charge < -0.3 is 10.4 Å². The number of nitrogens with zero attached hydrogens (tertiary/aromatic N) is 2. The van der Waals surface area contributed by atoms with Crippen LogP contribution in [-0.2, 0) is 0 Å². The standard InChI is InChI=1S/C13H15BrIN3O/c1-13(2,19)3-4-16-12-17-7-8-5-9(14)10(15)6-11(8)18-12/h5-7,19H,3-4H2,1-2H3,(H,16,17,18). The molecule has 0 saturated carbocycles. The molecular weight excluding hydrogens is 421 g/mol. The number of halogens is 2. The van der Waals surface area contributed by atoms with Crippen molar-refractivity contribution in [2.75, 3.05) is 11.9 Å². The molecule has 2 N–H and O–H groups in total. The number of anilines is 1. The zero-order valence-corrected chi connectivity index (χ0v) is 14.5. The molecule has 1 aromatic heterocycles. The third-order valence-electron chi connectivity index (χ3n) is 2.64. The van der Waals surface area contributed by atoms with Crippen molar-refractivity contribution in [3.05, 3.63) is 26.4 Å². The maximum Gasteiger partial charge on any atom is 0.223 e. The fourth-order valence-electron chi connectivity index (χ4n) is 1.59. The molecule has 19 heavy (non-hydrogen) atoms. The molecule has 0 saturated heterocycles. The van der Waals surface area contributed by atoms with Crippen LogP contribution in [0.3, 0.4) is 0 Å². The van der Waals surface area contributed by atoms with E-state index >= 15 is 0 Å². The van der Waals surface area contributed by atoms with E-state index in [0.717, 1.165) is 18.9 Å². The molecule has 0 amide bonds. The average molecular weight is 436 g/mol. The molecule has 2 aromatic rings. The summed E-state index contributed by atoms with van der Waals surface area (Å²) in [6.07, 6.45) is 2.45. The Morgan fingerprint density at radius 3 is 2.84 bits per heavy atom. The van der Waals surface area contributed by atoms with E-state index < -0.39 is 5.60 Å². The lowest BCUT2D eigenvalue weighted by atomic mass is 10.1. The van der Waals surface area contributed by atoms with Crippen molar-refractivity contribution in [3.63, 3.8) is 0 Å². The van der Waals surface area contributed by atoms with Crippen molar-refractivity contribution in [2.45, 2.75) is 25.9 Å². The van der Waals surface area contributed by atoms with Crippen LogP contribution >= 0.6 is 38.5 Å². The van der Waals surface area contributed by atoms with E-state index in [9.17, 15) is 5.11 Å². The maximum absolute atomic E-state index is 9.65. The number of hydrogen-bond donors (Lipinski definition) is 2. The van der Waals surface area contributed by atoms with Gasteiger partial charge in [0.15, 0.2) is 0 Å². The smallest absolute Gasteiger partial charge is 0.223 e. The number of aromatic nitrogens is 2. The molecule has 2 rings (SSSR count). The van der Waals surface area contributed by atoms with Crippen LogP contribution < -0.4 is 5.32 Å². The summed E-state index contributed by atoms with van der Waals surface area (Å²) in [7, 11) is 0. The van der Waals surface area contributed by atoms with Gasteiger partial charge in [-0.3, -0.25) is 0 Å². The maximum atomic E-state index is 9.65. The highest BCUT2D eigenvalue weighted by Gasteiger charge is 2.11. The summed E-state index contributed by atoms with van der Waals surface area (Å²) in [6, 6.07) is 4.03. The van der Waals surface area contributed by atoms with E-state index in [1.54, 1.807) is 20.0 Å². The van der Waals surface area contributed by atoms with Crippen LogP contribution in [0.5, 0.6) is 0 Å². The van der Waals surface area contributed by atoms with Gasteiger partial charge in [-0.15, -0.1) is 0 Å². The number of nitrogens with one attached hydrogen (secondary N) is 1. The molecule has 1 heterocycles. The van der Waals surface area contributed by atoms with E-state index in [4.69, 9.17) is 0 Å². The molecule has 0 aliphatic heterocycles. The SMILES string of the molecule is CC(C)(O)CCNc1ncc2cc(Br)c(I)cc2n1. The van der Waals surface area contributed by atoms with Gasteiger partial charge in [0, 0.05) is 26.2 Å². The number of fused-ring (bicyclic) bond motifs is 1. The molecule has 102 valence electrons. The Morgan fingerprint density at radius 1 is 1.42 bits per heavy atom. The van der Waals surface area contributed by atoms with Gasteiger partial charge in [-0.2, -0.15) is 0 Å². The fourth-order valence-corrected chi connectivity index (χ4v) is 2.40. The highest BCUT2D eigenvalue weighted by atomic mass is 127. The Kier molecular flexibility index (Phi) is 4.62. The summed E-state index contributed by atoms with van der Waals surface area (Å²) in [5, 5.41) is 13.8. The lowest BCUT2D eigenvalue weighted by Crippen LogP contribution is -2.23. The first-order chi connectivity index (χ1) is 8.85. The summed E-state index contributed by atoms with van der Waals surface area (Å²) in [4.78, 5) is 8.74. The highest BCUT2D eigenvalue weighted by Crippen LogP contribution is 2.24. The Bertz CT molecular complexity index is 598. The molecule has 6 heteroatoms. The predicted molar refractivity (Wildman–Crippen MR) is 89.4 cm³/mol. The first-order valence-electron chi connectivity index (χ1n) is 5.93. The Balaban J connectivity index is 2.15. The van der Waals surface area contributed by atoms with Crippen molar-refractivity contribution in [1.29, 1.82) is 0 Å². The van der Waals surface area contributed by atoms with Gasteiger partial charge in [0.1, 0.15) is 0 Å². The molecule has 1 aromatic carbocycles. The van der Waals surface area contributed by atoms with Crippen molar-refractivity contribution in [2.24, 2.45) is 0 Å². The molecular formula is C13H15BrIN3O. The number of aliphatic hydroxyl groups is 1. The summed E-state index contributed by atoms with van der Waals surface area (Å²) in [5.74, 6) is 0.592. The van der Waals surface area contributed by atoms with E-state index in [1.807, 2.05) is 12.1 Å². The van der Waals surface area contributed by atoms with Gasteiger partial charge >= 0.3 is 0 Å². The van der Waals surface area contributed by atoms with Crippen LogP contribution in [0.2, 0.25) is 0 Å². The van der Waals surface area contributed by atoms with Gasteiger partial charge in [0.05, 0.1) is 11.1 Å². The summed E-state index contributed by atoms with van der Waals surface area (Å²) in [6.45, 7) is 4.22. The zero-order chi connectivity index (χ0) is 14.0. The highest BCUT2D eigenvalue weighted by molar-refractivity contribution is 14.1. The van der Waals surface area contributed by atoms with Crippen molar-refractivity contribution in [1.82, 2.24) is 9.97 Å². The van der Waals surface area contributed by atoms with E-state index in [-0.39, 0.29) is 0 Å². The first-order valence-corrected chi connectivity index (χ1v) is 7.80. The second-order valence-corrected chi connectivity index (χ2v) is 7.02. The average Bonchev–Trinajstić information content (AvgIpc) is 2.29. The molecule has 0 aliphatic carbocycles. The van der Waals surface area contributed by atoms with Gasteiger partial charge in [-0.05, 0) is 70.9 Å². The third kappa shape index (κ3) is 4.25. The fraction of sp³-hybridized carbons (Fsp3) is 0.385. The molecule has 0 bridgehead atoms. The van der Waals surface area contributed by atoms with Gasteiger partial charge in [0.25, 0.3) is 0 Å². The minimum atomic E-state index is -0.676. The normalized spacial score (nSPS) is 11.8. The van der Waals surface area contributed by atoms with Crippen LogP contribution in [0.15, 0.2) is 22.8 Å². The summed E-state index contributed by atoms with van der Waals surface area (Å²) in [5.41, 5.74) is 0.234. The third-order valence-corrected chi connectivity index (χ3v) is 4.93. The molecule has 0 spiro atoms. The number of benzene rings is 1. The molecule has 0 fully saturated rings. The van der Waals surface area contributed by atoms with Gasteiger partial charge in [-0.1, -0.05) is 0 Å². The van der Waals surface area contributed by atoms with Crippen molar-refractivity contribution < 1.29 is 5.11 Å². The lowest BCUT2D eigenvalue weighted by Gasteiger charge is -2.16. The van der Waals surface area contributed by atoms with Crippen LogP contribution in [0.25, 0.3) is 10.9 Å². The topological polar surface area (TPSA) is 58.0 Å². The Labute approximate surface area is 134 Å². The molecule has 0 radical (unpaired) electrons. The van der Waals surface area contributed by atoms with Crippen LogP contribution in [0.1, 0.15) is 20.3 Å². The lowest BCUT2D eigenvalue weighted by molar-refractivity contribution is 0.0748. The quantitative estimate of drug-likeness (QED) is 0.721. The number of hydrogen-bond acceptors (Lipinski definition) is 4. The summed E-state index contributed by atoms with van der Waals surface area (Å²) < 4.78 is 2.16. The molecule has 4 nitrogen and oxygen atoms in total. The number of rotatable bonds is 4. The largest absolute Gasteiger partial charge is 0.390 e. The zero-order valence-electron chi connectivity index (χ0n) is 10.7. The predicted octanol–water partition coefficient (Wildman–Crippen LogP) is 3.57. The van der Waals surface area contributed by atoms with Crippen LogP contribution in [0.4, 0.5) is 5.95 Å². The van der Waals surface area contributed by atoms with E-state index in [1.165, 1.54) is 0 Å². The second kappa shape index (κ2) is 5.88. The first kappa shape index (κ1) is 14.9. The molecule has 0 unspecified atom stereocenters. The van der Waals surface area contributed by atoms with Crippen LogP contribution in [0, 0.1) is 3.57 Å². The van der Waals surface area contributed by atoms with E-state index in [2.05, 4.69) is 53.8 Å². The van der Waals surface area contributed by atoms with Crippen molar-refractivity contribution >= 4 is 55.4 Å². The Morgan fingerprint density at radius 2 is 2.16 bits per heavy atom. The molecule has 0 atom stereocenters. The van der Waals surface area contributed by atoms with Gasteiger partial charge in [0.2, 0.25) is 5.95 Å². The molecule has 0 aliphatic rings. The van der Waals surface area contributed by atoms with E-state index in [0.29, 0.717) is 18.9 Å². The van der Waals surface area contributed by atoms with Crippen molar-refractivity contribution in [3.8, 4) is 0 Å². The monoisotopic (exact) mass is 435 g/mol. The van der Waals surface area contributed by atoms with Gasteiger partial charge in [-0.25, -0.2) is 9.97 Å². The minimum Gasteiger partial charge on any atom is -0.390 e. The second-order valence-electron chi connectivity index (χ2n) is 5.01.